The average molecular weight is 445 g/mol. The van der Waals surface area contributed by atoms with E-state index in [9.17, 15) is 24.3 Å². The molecule has 9 heteroatoms. The van der Waals surface area contributed by atoms with Gasteiger partial charge in [-0.05, 0) is 32.6 Å². The molecule has 0 amide bonds. The van der Waals surface area contributed by atoms with E-state index in [1.807, 2.05) is 13.8 Å². The number of ether oxygens (including phenoxy) is 4. The lowest BCUT2D eigenvalue weighted by molar-refractivity contribution is -0.287. The van der Waals surface area contributed by atoms with Crippen LogP contribution in [0.4, 0.5) is 0 Å². The summed E-state index contributed by atoms with van der Waals surface area (Å²) >= 11 is 0. The molecule has 0 bridgehead atoms. The SMILES string of the molecule is CCCC(=O)OC1O[C@@H](C)[C@@H](C(CC)C(=O)O)[C@@H](OC(=O)CCC)[C@@H]1OC(=O)CCC. The minimum Gasteiger partial charge on any atom is -0.481 e. The molecule has 0 aromatic heterocycles. The van der Waals surface area contributed by atoms with E-state index in [1.54, 1.807) is 20.8 Å². The summed E-state index contributed by atoms with van der Waals surface area (Å²) < 4.78 is 22.5. The van der Waals surface area contributed by atoms with Crippen molar-refractivity contribution in [1.82, 2.24) is 0 Å². The van der Waals surface area contributed by atoms with Crippen molar-refractivity contribution < 1.29 is 43.2 Å². The smallest absolute Gasteiger partial charge is 0.308 e. The largest absolute Gasteiger partial charge is 0.481 e. The van der Waals surface area contributed by atoms with Gasteiger partial charge in [-0.15, -0.1) is 0 Å². The fourth-order valence-electron chi connectivity index (χ4n) is 3.77. The molecule has 178 valence electrons. The molecule has 1 rings (SSSR count). The maximum Gasteiger partial charge on any atom is 0.308 e. The van der Waals surface area contributed by atoms with Crippen LogP contribution < -0.4 is 0 Å². The van der Waals surface area contributed by atoms with Crippen LogP contribution in [0, 0.1) is 11.8 Å². The van der Waals surface area contributed by atoms with Crippen LogP contribution >= 0.6 is 0 Å². The van der Waals surface area contributed by atoms with Crippen LogP contribution in [0.1, 0.15) is 79.6 Å². The number of carboxylic acids is 1. The average Bonchev–Trinajstić information content (AvgIpc) is 2.67. The Balaban J connectivity index is 3.37. The molecule has 9 nitrogen and oxygen atoms in total. The Labute approximate surface area is 183 Å². The number of carboxylic acid groups (broad SMARTS) is 1. The van der Waals surface area contributed by atoms with Crippen LogP contribution in [0.2, 0.25) is 0 Å². The maximum absolute atomic E-state index is 12.4. The standard InChI is InChI=1S/C22H36O9/c1-6-10-15(23)29-19-18(14(9-4)21(26)27)13(5)28-22(31-17(25)12-8-3)20(19)30-16(24)11-7-2/h13-14,18-20,22H,6-12H2,1-5H3,(H,26,27)/t13-,14?,18-,19+,20-,22?/m0/s1. The number of aliphatic carboxylic acids is 1. The molecule has 1 heterocycles. The number of carbonyl (C=O) groups excluding carboxylic acids is 3. The fourth-order valence-corrected chi connectivity index (χ4v) is 3.77. The second-order valence-corrected chi connectivity index (χ2v) is 7.79. The van der Waals surface area contributed by atoms with E-state index in [1.165, 1.54) is 0 Å². The molecule has 1 saturated heterocycles. The van der Waals surface area contributed by atoms with Crippen molar-refractivity contribution in [3.63, 3.8) is 0 Å². The summed E-state index contributed by atoms with van der Waals surface area (Å²) in [5, 5.41) is 9.74. The number of carbonyl (C=O) groups is 4. The molecule has 1 fully saturated rings. The van der Waals surface area contributed by atoms with Crippen LogP contribution in [-0.4, -0.2) is 53.6 Å². The lowest BCUT2D eigenvalue weighted by atomic mass is 9.78. The summed E-state index contributed by atoms with van der Waals surface area (Å²) in [4.78, 5) is 48.7. The van der Waals surface area contributed by atoms with Crippen molar-refractivity contribution in [1.29, 1.82) is 0 Å². The van der Waals surface area contributed by atoms with Crippen molar-refractivity contribution in [2.75, 3.05) is 0 Å². The van der Waals surface area contributed by atoms with Gasteiger partial charge >= 0.3 is 23.9 Å². The molecular weight excluding hydrogens is 408 g/mol. The van der Waals surface area contributed by atoms with E-state index in [-0.39, 0.29) is 25.7 Å². The molecule has 31 heavy (non-hydrogen) atoms. The highest BCUT2D eigenvalue weighted by molar-refractivity contribution is 5.73. The Morgan fingerprint density at radius 2 is 1.26 bits per heavy atom. The highest BCUT2D eigenvalue weighted by atomic mass is 16.7. The number of rotatable bonds is 12. The van der Waals surface area contributed by atoms with Crippen molar-refractivity contribution in [2.24, 2.45) is 11.8 Å². The summed E-state index contributed by atoms with van der Waals surface area (Å²) in [6, 6.07) is 0. The van der Waals surface area contributed by atoms with Gasteiger partial charge in [0.2, 0.25) is 12.4 Å². The van der Waals surface area contributed by atoms with Gasteiger partial charge in [0.15, 0.2) is 6.10 Å². The zero-order chi connectivity index (χ0) is 23.6. The Bertz CT molecular complexity index is 618. The van der Waals surface area contributed by atoms with Crippen LogP contribution in [0.5, 0.6) is 0 Å². The molecule has 0 aliphatic carbocycles. The number of hydrogen-bond donors (Lipinski definition) is 1. The molecule has 0 radical (unpaired) electrons. The lowest BCUT2D eigenvalue weighted by Gasteiger charge is -2.45. The van der Waals surface area contributed by atoms with Gasteiger partial charge in [0, 0.05) is 25.2 Å². The monoisotopic (exact) mass is 444 g/mol. The predicted octanol–water partition coefficient (Wildman–Crippen LogP) is 3.23. The van der Waals surface area contributed by atoms with E-state index in [2.05, 4.69) is 0 Å². The first-order chi connectivity index (χ1) is 14.7. The Morgan fingerprint density at radius 1 is 0.806 bits per heavy atom. The van der Waals surface area contributed by atoms with Gasteiger partial charge in [0.25, 0.3) is 0 Å². The van der Waals surface area contributed by atoms with Gasteiger partial charge in [-0.25, -0.2) is 0 Å². The van der Waals surface area contributed by atoms with E-state index in [0.717, 1.165) is 0 Å². The molecule has 6 atom stereocenters. The highest BCUT2D eigenvalue weighted by Gasteiger charge is 2.53. The zero-order valence-corrected chi connectivity index (χ0v) is 19.1. The highest BCUT2D eigenvalue weighted by Crippen LogP contribution is 2.37. The van der Waals surface area contributed by atoms with Crippen molar-refractivity contribution in [3.05, 3.63) is 0 Å². The first-order valence-electron chi connectivity index (χ1n) is 11.2. The normalized spacial score (nSPS) is 26.5. The zero-order valence-electron chi connectivity index (χ0n) is 19.1. The van der Waals surface area contributed by atoms with Crippen LogP contribution in [0.3, 0.4) is 0 Å². The summed E-state index contributed by atoms with van der Waals surface area (Å²) in [5.41, 5.74) is 0. The minimum absolute atomic E-state index is 0.109. The fraction of sp³-hybridized carbons (Fsp3) is 0.818. The molecule has 1 N–H and O–H groups in total. The molecule has 0 saturated carbocycles. The van der Waals surface area contributed by atoms with Gasteiger partial charge < -0.3 is 24.1 Å². The third kappa shape index (κ3) is 7.79. The molecule has 0 aromatic rings. The predicted molar refractivity (Wildman–Crippen MR) is 110 cm³/mol. The molecule has 1 aliphatic rings. The first-order valence-corrected chi connectivity index (χ1v) is 11.2. The van der Waals surface area contributed by atoms with E-state index >= 15 is 0 Å². The van der Waals surface area contributed by atoms with E-state index < -0.39 is 60.3 Å². The van der Waals surface area contributed by atoms with E-state index in [4.69, 9.17) is 18.9 Å². The molecule has 0 aromatic carbocycles. The maximum atomic E-state index is 12.4. The minimum atomic E-state index is -1.29. The summed E-state index contributed by atoms with van der Waals surface area (Å²) in [6.07, 6.45) is -2.15. The molecule has 2 unspecified atom stereocenters. The summed E-state index contributed by atoms with van der Waals surface area (Å²) in [6.45, 7) is 8.78. The molecule has 1 aliphatic heterocycles. The van der Waals surface area contributed by atoms with Gasteiger partial charge in [0.1, 0.15) is 0 Å². The van der Waals surface area contributed by atoms with Crippen LogP contribution in [-0.2, 0) is 38.1 Å². The van der Waals surface area contributed by atoms with Crippen LogP contribution in [0.15, 0.2) is 0 Å². The van der Waals surface area contributed by atoms with Gasteiger partial charge in [-0.3, -0.25) is 19.2 Å². The Morgan fingerprint density at radius 3 is 1.68 bits per heavy atom. The van der Waals surface area contributed by atoms with Crippen molar-refractivity contribution in [3.8, 4) is 0 Å². The van der Waals surface area contributed by atoms with Gasteiger partial charge in [-0.2, -0.15) is 0 Å². The first kappa shape index (κ1) is 26.9. The van der Waals surface area contributed by atoms with Crippen LogP contribution in [0.25, 0.3) is 0 Å². The van der Waals surface area contributed by atoms with Gasteiger partial charge in [-0.1, -0.05) is 27.7 Å². The molecular formula is C22H36O9. The third-order valence-electron chi connectivity index (χ3n) is 5.23. The second-order valence-electron chi connectivity index (χ2n) is 7.79. The lowest BCUT2D eigenvalue weighted by Crippen LogP contribution is -2.60. The van der Waals surface area contributed by atoms with Crippen molar-refractivity contribution in [2.45, 2.75) is 104 Å². The van der Waals surface area contributed by atoms with Crippen molar-refractivity contribution >= 4 is 23.9 Å². The number of esters is 3. The quantitative estimate of drug-likeness (QED) is 0.357. The Hall–Kier alpha value is -2.16. The van der Waals surface area contributed by atoms with Gasteiger partial charge in [0.05, 0.1) is 12.0 Å². The second kappa shape index (κ2) is 13.3. The van der Waals surface area contributed by atoms with E-state index in [0.29, 0.717) is 19.3 Å². The Kier molecular flexibility index (Phi) is 11.5. The molecule has 0 spiro atoms. The number of hydrogen-bond acceptors (Lipinski definition) is 8. The summed E-state index contributed by atoms with van der Waals surface area (Å²) in [5.74, 6) is -4.42. The summed E-state index contributed by atoms with van der Waals surface area (Å²) in [7, 11) is 0. The topological polar surface area (TPSA) is 125 Å². The third-order valence-corrected chi connectivity index (χ3v) is 5.23.